The van der Waals surface area contributed by atoms with Crippen LogP contribution in [0.5, 0.6) is 11.5 Å². The summed E-state index contributed by atoms with van der Waals surface area (Å²) in [5.41, 5.74) is 7.38. The molecule has 3 rings (SSSR count). The summed E-state index contributed by atoms with van der Waals surface area (Å²) in [6.07, 6.45) is 0. The Labute approximate surface area is 182 Å². The summed E-state index contributed by atoms with van der Waals surface area (Å²) in [7, 11) is 0. The van der Waals surface area contributed by atoms with Gasteiger partial charge in [0.25, 0.3) is 11.8 Å². The summed E-state index contributed by atoms with van der Waals surface area (Å²) in [6, 6.07) is 24.1. The van der Waals surface area contributed by atoms with E-state index in [1.54, 1.807) is 24.3 Å². The van der Waals surface area contributed by atoms with E-state index in [2.05, 4.69) is 24.7 Å². The van der Waals surface area contributed by atoms with Crippen molar-refractivity contribution in [1.29, 1.82) is 0 Å². The van der Waals surface area contributed by atoms with Crippen LogP contribution >= 0.6 is 0 Å². The summed E-state index contributed by atoms with van der Waals surface area (Å²) in [4.78, 5) is 24.1. The molecule has 6 heteroatoms. The first kappa shape index (κ1) is 21.9. The fourth-order valence-corrected chi connectivity index (χ4v) is 2.78. The molecule has 0 aliphatic rings. The monoisotopic (exact) mass is 418 g/mol. The third-order valence-corrected chi connectivity index (χ3v) is 4.60. The minimum atomic E-state index is -0.455. The molecule has 0 saturated carbocycles. The summed E-state index contributed by atoms with van der Waals surface area (Å²) in [5, 5.41) is 0. The molecule has 3 aromatic rings. The van der Waals surface area contributed by atoms with Crippen LogP contribution in [0.15, 0.2) is 78.9 Å². The molecule has 0 aliphatic carbocycles. The number of nitrogens with one attached hydrogen (secondary N) is 2. The van der Waals surface area contributed by atoms with E-state index in [0.717, 1.165) is 5.56 Å². The van der Waals surface area contributed by atoms with Crippen LogP contribution in [0.25, 0.3) is 0 Å². The molecule has 0 heterocycles. The summed E-state index contributed by atoms with van der Waals surface area (Å²) in [6.45, 7) is 4.46. The highest BCUT2D eigenvalue weighted by Crippen LogP contribution is 2.18. The third-order valence-electron chi connectivity index (χ3n) is 4.60. The van der Waals surface area contributed by atoms with Crippen molar-refractivity contribution in [2.45, 2.75) is 26.4 Å². The number of ether oxygens (including phenoxy) is 2. The van der Waals surface area contributed by atoms with Gasteiger partial charge in [0.2, 0.25) is 0 Å². The number of hydrazine groups is 1. The van der Waals surface area contributed by atoms with Gasteiger partial charge in [-0.05, 0) is 53.4 Å². The molecule has 2 amide bonds. The number of carbonyl (C=O) groups is 2. The topological polar surface area (TPSA) is 76.7 Å². The van der Waals surface area contributed by atoms with Crippen molar-refractivity contribution in [3.63, 3.8) is 0 Å². The molecule has 0 bridgehead atoms. The van der Waals surface area contributed by atoms with Gasteiger partial charge < -0.3 is 9.47 Å². The quantitative estimate of drug-likeness (QED) is 0.537. The van der Waals surface area contributed by atoms with E-state index in [4.69, 9.17) is 9.47 Å². The Balaban J connectivity index is 1.40. The second-order valence-electron chi connectivity index (χ2n) is 7.31. The van der Waals surface area contributed by atoms with Crippen LogP contribution in [-0.4, -0.2) is 18.4 Å². The van der Waals surface area contributed by atoms with Crippen LogP contribution in [0.1, 0.15) is 41.3 Å². The van der Waals surface area contributed by atoms with E-state index in [1.165, 1.54) is 5.56 Å². The van der Waals surface area contributed by atoms with Crippen molar-refractivity contribution in [3.05, 3.63) is 95.6 Å². The van der Waals surface area contributed by atoms with Crippen molar-refractivity contribution >= 4 is 11.8 Å². The number of hydrogen-bond donors (Lipinski definition) is 2. The Bertz CT molecular complexity index is 984. The predicted octanol–water partition coefficient (Wildman–Crippen LogP) is 4.23. The van der Waals surface area contributed by atoms with E-state index < -0.39 is 11.8 Å². The van der Waals surface area contributed by atoms with Crippen LogP contribution < -0.4 is 20.3 Å². The van der Waals surface area contributed by atoms with Gasteiger partial charge in [0.1, 0.15) is 18.1 Å². The summed E-state index contributed by atoms with van der Waals surface area (Å²) in [5.74, 6) is 0.795. The highest BCUT2D eigenvalue weighted by molar-refractivity contribution is 5.95. The predicted molar refractivity (Wildman–Crippen MR) is 119 cm³/mol. The molecular formula is C25H26N2O4. The van der Waals surface area contributed by atoms with Gasteiger partial charge in [-0.25, -0.2) is 0 Å². The van der Waals surface area contributed by atoms with Crippen LogP contribution in [0.3, 0.4) is 0 Å². The van der Waals surface area contributed by atoms with Crippen molar-refractivity contribution < 1.29 is 19.1 Å². The third kappa shape index (κ3) is 6.89. The maximum atomic E-state index is 12.2. The van der Waals surface area contributed by atoms with Gasteiger partial charge >= 0.3 is 0 Å². The Morgan fingerprint density at radius 2 is 1.39 bits per heavy atom. The lowest BCUT2D eigenvalue weighted by molar-refractivity contribution is -0.123. The van der Waals surface area contributed by atoms with Gasteiger partial charge in [0.05, 0.1) is 0 Å². The van der Waals surface area contributed by atoms with Gasteiger partial charge in [-0.15, -0.1) is 0 Å². The minimum absolute atomic E-state index is 0.201. The molecule has 0 radical (unpaired) electrons. The fraction of sp³-hybridized carbons (Fsp3) is 0.200. The van der Waals surface area contributed by atoms with Gasteiger partial charge in [0.15, 0.2) is 6.61 Å². The van der Waals surface area contributed by atoms with Gasteiger partial charge in [-0.3, -0.25) is 20.4 Å². The standard InChI is InChI=1S/C25H26N2O4/c1-18(2)20-8-12-23(13-9-20)31-17-24(28)26-27-25(29)21-10-14-22(15-11-21)30-16-19-6-4-3-5-7-19/h3-15,18H,16-17H2,1-2H3,(H,26,28)(H,27,29). The molecule has 2 N–H and O–H groups in total. The Morgan fingerprint density at radius 1 is 0.774 bits per heavy atom. The molecule has 0 aromatic heterocycles. The molecule has 160 valence electrons. The molecular weight excluding hydrogens is 392 g/mol. The highest BCUT2D eigenvalue weighted by atomic mass is 16.5. The molecule has 0 spiro atoms. The van der Waals surface area contributed by atoms with Crippen LogP contribution in [0.2, 0.25) is 0 Å². The molecule has 0 saturated heterocycles. The largest absolute Gasteiger partial charge is 0.489 e. The maximum absolute atomic E-state index is 12.2. The zero-order valence-electron chi connectivity index (χ0n) is 17.6. The summed E-state index contributed by atoms with van der Waals surface area (Å²) >= 11 is 0. The van der Waals surface area contributed by atoms with Crippen LogP contribution in [0, 0.1) is 0 Å². The molecule has 31 heavy (non-hydrogen) atoms. The van der Waals surface area contributed by atoms with Crippen molar-refractivity contribution in [1.82, 2.24) is 10.9 Å². The number of hydrogen-bond acceptors (Lipinski definition) is 4. The Kier molecular flexibility index (Phi) is 7.65. The lowest BCUT2D eigenvalue weighted by Crippen LogP contribution is -2.43. The minimum Gasteiger partial charge on any atom is -0.489 e. The lowest BCUT2D eigenvalue weighted by atomic mass is 10.0. The summed E-state index contributed by atoms with van der Waals surface area (Å²) < 4.78 is 11.1. The van der Waals surface area contributed by atoms with E-state index in [-0.39, 0.29) is 6.61 Å². The average molecular weight is 418 g/mol. The zero-order chi connectivity index (χ0) is 22.1. The van der Waals surface area contributed by atoms with Crippen LogP contribution in [0.4, 0.5) is 0 Å². The molecule has 0 unspecified atom stereocenters. The lowest BCUT2D eigenvalue weighted by Gasteiger charge is -2.10. The van der Waals surface area contributed by atoms with Gasteiger partial charge in [0, 0.05) is 5.56 Å². The second kappa shape index (κ2) is 10.8. The van der Waals surface area contributed by atoms with Crippen molar-refractivity contribution in [2.75, 3.05) is 6.61 Å². The van der Waals surface area contributed by atoms with Crippen LogP contribution in [-0.2, 0) is 11.4 Å². The van der Waals surface area contributed by atoms with E-state index >= 15 is 0 Å². The number of carbonyl (C=O) groups excluding carboxylic acids is 2. The number of amides is 2. The molecule has 0 fully saturated rings. The Hall–Kier alpha value is -3.80. The first-order chi connectivity index (χ1) is 15.0. The molecule has 6 nitrogen and oxygen atoms in total. The van der Waals surface area contributed by atoms with Crippen molar-refractivity contribution in [2.24, 2.45) is 0 Å². The van der Waals surface area contributed by atoms with E-state index in [1.807, 2.05) is 54.6 Å². The smallest absolute Gasteiger partial charge is 0.276 e. The highest BCUT2D eigenvalue weighted by Gasteiger charge is 2.09. The molecule has 0 atom stereocenters. The molecule has 3 aromatic carbocycles. The second-order valence-corrected chi connectivity index (χ2v) is 7.31. The first-order valence-corrected chi connectivity index (χ1v) is 10.1. The maximum Gasteiger partial charge on any atom is 0.276 e. The fourth-order valence-electron chi connectivity index (χ4n) is 2.78. The van der Waals surface area contributed by atoms with E-state index in [0.29, 0.717) is 29.6 Å². The number of benzene rings is 3. The normalized spacial score (nSPS) is 10.4. The zero-order valence-corrected chi connectivity index (χ0v) is 17.6. The van der Waals surface area contributed by atoms with Gasteiger partial charge in [-0.2, -0.15) is 0 Å². The number of rotatable bonds is 8. The van der Waals surface area contributed by atoms with E-state index in [9.17, 15) is 9.59 Å². The van der Waals surface area contributed by atoms with Gasteiger partial charge in [-0.1, -0.05) is 56.3 Å². The Morgan fingerprint density at radius 3 is 2.03 bits per heavy atom. The SMILES string of the molecule is CC(C)c1ccc(OCC(=O)NNC(=O)c2ccc(OCc3ccccc3)cc2)cc1. The molecule has 0 aliphatic heterocycles. The van der Waals surface area contributed by atoms with Crippen molar-refractivity contribution in [3.8, 4) is 11.5 Å². The first-order valence-electron chi connectivity index (χ1n) is 10.1. The average Bonchev–Trinajstić information content (AvgIpc) is 2.81.